The lowest BCUT2D eigenvalue weighted by Gasteiger charge is -2.21. The molecular formula is C29H36N6O3S2. The Morgan fingerprint density at radius 3 is 2.48 bits per heavy atom. The van der Waals surface area contributed by atoms with Crippen molar-refractivity contribution in [3.05, 3.63) is 65.0 Å². The fraction of sp³-hybridized carbons (Fsp3) is 0.345. The largest absolute Gasteiger partial charge is 0.385 e. The number of carbonyl (C=O) groups is 2. The maximum absolute atomic E-state index is 12.9. The van der Waals surface area contributed by atoms with Gasteiger partial charge >= 0.3 is 6.03 Å². The molecule has 1 aromatic heterocycles. The number of likely N-dealkylation sites (N-methyl/N-ethyl adjacent to an activating group) is 1. The number of anilines is 3. The molecule has 0 atom stereocenters. The average Bonchev–Trinajstić information content (AvgIpc) is 3.30. The van der Waals surface area contributed by atoms with Gasteiger partial charge in [-0.1, -0.05) is 13.0 Å². The zero-order valence-electron chi connectivity index (χ0n) is 23.1. The Balaban J connectivity index is 0.000000461. The second-order valence-electron chi connectivity index (χ2n) is 9.44. The second kappa shape index (κ2) is 14.8. The van der Waals surface area contributed by atoms with Crippen LogP contribution >= 0.6 is 23.3 Å². The SMILES string of the molecule is CCCNc1ccc2c(c1)N=CN(c1ccc(NC(=O)NSc3ccc(C)s3)cc1)C(=O)C2.CN1CCOCC1. The summed E-state index contributed by atoms with van der Waals surface area (Å²) >= 11 is 2.90. The van der Waals surface area contributed by atoms with Crippen LogP contribution in [0.3, 0.4) is 0 Å². The van der Waals surface area contributed by atoms with Crippen LogP contribution in [0.2, 0.25) is 0 Å². The maximum Gasteiger partial charge on any atom is 0.329 e. The molecule has 0 bridgehead atoms. The number of urea groups is 1. The van der Waals surface area contributed by atoms with Crippen LogP contribution in [0.1, 0.15) is 23.8 Å². The smallest absolute Gasteiger partial charge is 0.329 e. The molecule has 0 radical (unpaired) electrons. The van der Waals surface area contributed by atoms with E-state index in [0.29, 0.717) is 11.4 Å². The third-order valence-electron chi connectivity index (χ3n) is 6.19. The summed E-state index contributed by atoms with van der Waals surface area (Å²) in [5, 5.41) is 6.15. The van der Waals surface area contributed by atoms with Crippen LogP contribution in [0.4, 0.5) is 27.5 Å². The van der Waals surface area contributed by atoms with Gasteiger partial charge in [0.25, 0.3) is 0 Å². The number of hydrogen-bond donors (Lipinski definition) is 3. The number of aliphatic imine (C=N–C) groups is 1. The highest BCUT2D eigenvalue weighted by atomic mass is 32.2. The van der Waals surface area contributed by atoms with Gasteiger partial charge in [-0.15, -0.1) is 11.3 Å². The van der Waals surface area contributed by atoms with Crippen molar-refractivity contribution in [1.29, 1.82) is 0 Å². The van der Waals surface area contributed by atoms with Crippen LogP contribution in [-0.2, 0) is 16.0 Å². The molecule has 0 spiro atoms. The Kier molecular flexibility index (Phi) is 11.0. The third kappa shape index (κ3) is 8.82. The minimum absolute atomic E-state index is 0.0622. The first-order chi connectivity index (χ1) is 19.4. The minimum atomic E-state index is -0.311. The number of morpholine rings is 1. The summed E-state index contributed by atoms with van der Waals surface area (Å²) in [6.07, 6.45) is 2.87. The highest BCUT2D eigenvalue weighted by molar-refractivity contribution is 7.99. The number of nitrogens with zero attached hydrogens (tertiary/aromatic N) is 3. The van der Waals surface area contributed by atoms with Crippen molar-refractivity contribution in [3.8, 4) is 0 Å². The van der Waals surface area contributed by atoms with Crippen LogP contribution in [0.25, 0.3) is 0 Å². The molecule has 212 valence electrons. The average molecular weight is 581 g/mol. The Bertz CT molecular complexity index is 1310. The van der Waals surface area contributed by atoms with Crippen molar-refractivity contribution >= 4 is 64.3 Å². The number of ether oxygens (including phenoxy) is 1. The Morgan fingerprint density at radius 1 is 1.07 bits per heavy atom. The summed E-state index contributed by atoms with van der Waals surface area (Å²) in [6.45, 7) is 9.05. The summed E-state index contributed by atoms with van der Waals surface area (Å²) in [4.78, 5) is 34.6. The number of aryl methyl sites for hydroxylation is 1. The first-order valence-electron chi connectivity index (χ1n) is 13.3. The van der Waals surface area contributed by atoms with Gasteiger partial charge in [-0.3, -0.25) is 14.4 Å². The predicted octanol–water partition coefficient (Wildman–Crippen LogP) is 5.90. The Morgan fingerprint density at radius 2 is 1.82 bits per heavy atom. The van der Waals surface area contributed by atoms with Crippen LogP contribution in [-0.4, -0.2) is 63.1 Å². The van der Waals surface area contributed by atoms with Crippen molar-refractivity contribution < 1.29 is 14.3 Å². The van der Waals surface area contributed by atoms with E-state index < -0.39 is 0 Å². The second-order valence-corrected chi connectivity index (χ2v) is 11.8. The molecule has 0 unspecified atom stereocenters. The zero-order valence-corrected chi connectivity index (χ0v) is 24.7. The molecule has 11 heteroatoms. The summed E-state index contributed by atoms with van der Waals surface area (Å²) in [6, 6.07) is 16.7. The van der Waals surface area contributed by atoms with E-state index in [1.165, 1.54) is 21.7 Å². The van der Waals surface area contributed by atoms with E-state index in [9.17, 15) is 9.59 Å². The van der Waals surface area contributed by atoms with Gasteiger partial charge in [0.15, 0.2) is 0 Å². The van der Waals surface area contributed by atoms with E-state index in [2.05, 4.69) is 39.2 Å². The molecule has 2 aliphatic rings. The van der Waals surface area contributed by atoms with E-state index in [1.807, 2.05) is 37.3 Å². The standard InChI is InChI=1S/C24H25N5O2S2.C5H11NO/c1-3-12-25-19-6-5-17-13-22(30)29(15-26-21(17)14-19)20-9-7-18(8-10-20)27-24(31)28-33-23-11-4-16(2)32-23;1-6-2-4-7-5-3-6/h4-11,14-15,25H,3,12-13H2,1-2H3,(H2,27,28,31);2-5H2,1H3. The number of hydrogen-bond acceptors (Lipinski definition) is 8. The van der Waals surface area contributed by atoms with Gasteiger partial charge < -0.3 is 20.3 Å². The van der Waals surface area contributed by atoms with Gasteiger partial charge in [0, 0.05) is 41.6 Å². The monoisotopic (exact) mass is 580 g/mol. The van der Waals surface area contributed by atoms with Crippen molar-refractivity contribution in [2.75, 3.05) is 55.4 Å². The van der Waals surface area contributed by atoms with E-state index in [1.54, 1.807) is 41.9 Å². The lowest BCUT2D eigenvalue weighted by molar-refractivity contribution is -0.117. The molecule has 40 heavy (non-hydrogen) atoms. The van der Waals surface area contributed by atoms with Crippen LogP contribution < -0.4 is 20.3 Å². The number of fused-ring (bicyclic) bond motifs is 1. The zero-order chi connectivity index (χ0) is 28.3. The molecule has 1 fully saturated rings. The van der Waals surface area contributed by atoms with Crippen molar-refractivity contribution in [3.63, 3.8) is 0 Å². The van der Waals surface area contributed by atoms with Gasteiger partial charge in [-0.25, -0.2) is 9.79 Å². The fourth-order valence-corrected chi connectivity index (χ4v) is 5.59. The molecule has 3 heterocycles. The quantitative estimate of drug-likeness (QED) is 0.301. The predicted molar refractivity (Wildman–Crippen MR) is 166 cm³/mol. The minimum Gasteiger partial charge on any atom is -0.385 e. The summed E-state index contributed by atoms with van der Waals surface area (Å²) < 4.78 is 8.89. The topological polar surface area (TPSA) is 98.3 Å². The van der Waals surface area contributed by atoms with Crippen molar-refractivity contribution in [2.24, 2.45) is 4.99 Å². The molecule has 3 aromatic rings. The van der Waals surface area contributed by atoms with Crippen LogP contribution in [0.5, 0.6) is 0 Å². The van der Waals surface area contributed by atoms with E-state index in [4.69, 9.17) is 4.74 Å². The van der Waals surface area contributed by atoms with Crippen molar-refractivity contribution in [2.45, 2.75) is 30.9 Å². The molecule has 0 aliphatic carbocycles. The van der Waals surface area contributed by atoms with Gasteiger partial charge in [0.1, 0.15) is 6.34 Å². The number of carbonyl (C=O) groups excluding carboxylic acids is 2. The fourth-order valence-electron chi connectivity index (χ4n) is 3.94. The normalized spacial score (nSPS) is 15.0. The Labute approximate surface area is 244 Å². The van der Waals surface area contributed by atoms with Crippen molar-refractivity contribution in [1.82, 2.24) is 9.62 Å². The number of amides is 3. The first kappa shape index (κ1) is 29.6. The molecule has 1 saturated heterocycles. The summed E-state index contributed by atoms with van der Waals surface area (Å²) in [5.74, 6) is -0.0622. The highest BCUT2D eigenvalue weighted by Crippen LogP contribution is 2.29. The van der Waals surface area contributed by atoms with Gasteiger partial charge in [0.05, 0.1) is 29.5 Å². The third-order valence-corrected chi connectivity index (χ3v) is 8.11. The lowest BCUT2D eigenvalue weighted by Crippen LogP contribution is -2.32. The highest BCUT2D eigenvalue weighted by Gasteiger charge is 2.20. The maximum atomic E-state index is 12.9. The molecule has 3 N–H and O–H groups in total. The summed E-state index contributed by atoms with van der Waals surface area (Å²) in [5.41, 5.74) is 4.01. The van der Waals surface area contributed by atoms with Gasteiger partial charge in [0.2, 0.25) is 5.91 Å². The van der Waals surface area contributed by atoms with E-state index in [-0.39, 0.29) is 18.4 Å². The molecular weight excluding hydrogens is 544 g/mol. The first-order valence-corrected chi connectivity index (χ1v) is 14.9. The number of rotatable bonds is 7. The molecule has 2 aromatic carbocycles. The Hall–Kier alpha value is -3.38. The van der Waals surface area contributed by atoms with Crippen LogP contribution in [0.15, 0.2) is 63.8 Å². The van der Waals surface area contributed by atoms with Crippen LogP contribution in [0, 0.1) is 6.92 Å². The molecule has 2 aliphatic heterocycles. The number of benzene rings is 2. The van der Waals surface area contributed by atoms with Gasteiger partial charge in [-0.05, 0) is 86.4 Å². The molecule has 3 amide bonds. The molecule has 0 saturated carbocycles. The number of thiophene rings is 1. The van der Waals surface area contributed by atoms with E-state index >= 15 is 0 Å². The lowest BCUT2D eigenvalue weighted by atomic mass is 10.1. The molecule has 9 nitrogen and oxygen atoms in total. The van der Waals surface area contributed by atoms with E-state index in [0.717, 1.165) is 60.4 Å². The summed E-state index contributed by atoms with van der Waals surface area (Å²) in [7, 11) is 2.11. The molecule has 5 rings (SSSR count). The van der Waals surface area contributed by atoms with Gasteiger partial charge in [-0.2, -0.15) is 0 Å². The number of nitrogens with one attached hydrogen (secondary N) is 3.